The van der Waals surface area contributed by atoms with Gasteiger partial charge in [0.2, 0.25) is 0 Å². The molecule has 3 nitrogen and oxygen atoms in total. The number of hydrogen-bond acceptors (Lipinski definition) is 3. The van der Waals surface area contributed by atoms with Crippen LogP contribution < -0.4 is 10.1 Å². The van der Waals surface area contributed by atoms with Crippen molar-refractivity contribution in [2.24, 2.45) is 0 Å². The lowest BCUT2D eigenvalue weighted by molar-refractivity contribution is -0.0899. The van der Waals surface area contributed by atoms with Gasteiger partial charge in [-0.3, -0.25) is 0 Å². The van der Waals surface area contributed by atoms with E-state index >= 15 is 0 Å². The van der Waals surface area contributed by atoms with E-state index in [4.69, 9.17) is 9.47 Å². The molecular weight excluding hydrogens is 250 g/mol. The van der Waals surface area contributed by atoms with Gasteiger partial charge in [0.15, 0.2) is 0 Å². The van der Waals surface area contributed by atoms with E-state index in [1.165, 1.54) is 18.4 Å². The lowest BCUT2D eigenvalue weighted by Gasteiger charge is -2.41. The Labute approximate surface area is 122 Å². The molecule has 2 unspecified atom stereocenters. The van der Waals surface area contributed by atoms with Crippen LogP contribution in [0.15, 0.2) is 24.3 Å². The SMILES string of the molecule is CCNC(c1ccccc1OCC)C1(C)CCCCO1. The molecule has 1 fully saturated rings. The first kappa shape index (κ1) is 15.3. The van der Waals surface area contributed by atoms with Crippen LogP contribution in [0.3, 0.4) is 0 Å². The van der Waals surface area contributed by atoms with Crippen LogP contribution in [-0.4, -0.2) is 25.4 Å². The molecule has 0 aromatic heterocycles. The van der Waals surface area contributed by atoms with Crippen molar-refractivity contribution in [2.45, 2.75) is 51.7 Å². The van der Waals surface area contributed by atoms with Crippen LogP contribution in [0, 0.1) is 0 Å². The monoisotopic (exact) mass is 277 g/mol. The second-order valence-electron chi connectivity index (χ2n) is 5.58. The van der Waals surface area contributed by atoms with Gasteiger partial charge < -0.3 is 14.8 Å². The summed E-state index contributed by atoms with van der Waals surface area (Å²) in [6.07, 6.45) is 3.49. The van der Waals surface area contributed by atoms with Gasteiger partial charge in [0, 0.05) is 12.2 Å². The second-order valence-corrected chi connectivity index (χ2v) is 5.58. The van der Waals surface area contributed by atoms with Gasteiger partial charge in [0.05, 0.1) is 18.2 Å². The highest BCUT2D eigenvalue weighted by atomic mass is 16.5. The highest BCUT2D eigenvalue weighted by Crippen LogP contribution is 2.39. The van der Waals surface area contributed by atoms with Crippen molar-refractivity contribution >= 4 is 0 Å². The number of ether oxygens (including phenoxy) is 2. The molecule has 0 amide bonds. The standard InChI is InChI=1S/C17H27NO2/c1-4-18-16(17(3)12-8-9-13-20-17)14-10-6-7-11-15(14)19-5-2/h6-7,10-11,16,18H,4-5,8-9,12-13H2,1-3H3. The third kappa shape index (κ3) is 3.33. The summed E-state index contributed by atoms with van der Waals surface area (Å²) in [5, 5.41) is 3.60. The average molecular weight is 277 g/mol. The zero-order valence-electron chi connectivity index (χ0n) is 12.9. The minimum atomic E-state index is -0.151. The smallest absolute Gasteiger partial charge is 0.124 e. The molecule has 0 saturated carbocycles. The van der Waals surface area contributed by atoms with Crippen molar-refractivity contribution in [3.63, 3.8) is 0 Å². The molecule has 2 rings (SSSR count). The summed E-state index contributed by atoms with van der Waals surface area (Å²) in [6.45, 7) is 8.86. The fourth-order valence-corrected chi connectivity index (χ4v) is 3.05. The van der Waals surface area contributed by atoms with E-state index in [2.05, 4.69) is 37.4 Å². The lowest BCUT2D eigenvalue weighted by Crippen LogP contribution is -2.46. The highest BCUT2D eigenvalue weighted by molar-refractivity contribution is 5.37. The van der Waals surface area contributed by atoms with E-state index in [9.17, 15) is 0 Å². The Bertz CT molecular complexity index is 413. The predicted molar refractivity (Wildman–Crippen MR) is 82.2 cm³/mol. The maximum absolute atomic E-state index is 6.15. The number of para-hydroxylation sites is 1. The van der Waals surface area contributed by atoms with Crippen molar-refractivity contribution in [2.75, 3.05) is 19.8 Å². The summed E-state index contributed by atoms with van der Waals surface area (Å²) in [6, 6.07) is 8.49. The summed E-state index contributed by atoms with van der Waals surface area (Å²) in [4.78, 5) is 0. The molecule has 1 heterocycles. The lowest BCUT2D eigenvalue weighted by atomic mass is 9.83. The molecule has 20 heavy (non-hydrogen) atoms. The molecular formula is C17H27NO2. The molecule has 0 spiro atoms. The highest BCUT2D eigenvalue weighted by Gasteiger charge is 2.38. The summed E-state index contributed by atoms with van der Waals surface area (Å²) in [7, 11) is 0. The zero-order valence-corrected chi connectivity index (χ0v) is 12.9. The van der Waals surface area contributed by atoms with E-state index in [0.29, 0.717) is 6.61 Å². The van der Waals surface area contributed by atoms with Crippen LogP contribution in [0.4, 0.5) is 0 Å². The Morgan fingerprint density at radius 3 is 2.75 bits per heavy atom. The molecule has 1 aliphatic heterocycles. The average Bonchev–Trinajstić information content (AvgIpc) is 2.47. The van der Waals surface area contributed by atoms with E-state index in [1.54, 1.807) is 0 Å². The van der Waals surface area contributed by atoms with Gasteiger partial charge in [0.25, 0.3) is 0 Å². The van der Waals surface area contributed by atoms with Crippen LogP contribution in [-0.2, 0) is 4.74 Å². The van der Waals surface area contributed by atoms with E-state index in [1.807, 2.05) is 13.0 Å². The Balaban J connectivity index is 2.32. The molecule has 0 radical (unpaired) electrons. The Hall–Kier alpha value is -1.06. The number of hydrogen-bond donors (Lipinski definition) is 1. The minimum absolute atomic E-state index is 0.151. The van der Waals surface area contributed by atoms with E-state index in [-0.39, 0.29) is 11.6 Å². The van der Waals surface area contributed by atoms with Gasteiger partial charge in [-0.05, 0) is 45.7 Å². The largest absolute Gasteiger partial charge is 0.494 e. The molecule has 3 heteroatoms. The molecule has 2 atom stereocenters. The number of benzene rings is 1. The third-order valence-corrected chi connectivity index (χ3v) is 4.05. The molecule has 0 bridgehead atoms. The van der Waals surface area contributed by atoms with Crippen molar-refractivity contribution in [1.82, 2.24) is 5.32 Å². The Morgan fingerprint density at radius 1 is 1.30 bits per heavy atom. The molecule has 0 aliphatic carbocycles. The second kappa shape index (κ2) is 7.09. The summed E-state index contributed by atoms with van der Waals surface area (Å²) in [5.74, 6) is 0.969. The topological polar surface area (TPSA) is 30.5 Å². The summed E-state index contributed by atoms with van der Waals surface area (Å²) >= 11 is 0. The quantitative estimate of drug-likeness (QED) is 0.860. The molecule has 1 aliphatic rings. The first-order valence-corrected chi connectivity index (χ1v) is 7.80. The van der Waals surface area contributed by atoms with E-state index in [0.717, 1.165) is 25.3 Å². The molecule has 1 N–H and O–H groups in total. The van der Waals surface area contributed by atoms with Gasteiger partial charge in [0.1, 0.15) is 5.75 Å². The molecule has 1 aromatic rings. The van der Waals surface area contributed by atoms with Crippen LogP contribution in [0.5, 0.6) is 5.75 Å². The first-order chi connectivity index (χ1) is 9.71. The van der Waals surface area contributed by atoms with Crippen LogP contribution >= 0.6 is 0 Å². The Kier molecular flexibility index (Phi) is 5.44. The number of likely N-dealkylation sites (N-methyl/N-ethyl adjacent to an activating group) is 1. The van der Waals surface area contributed by atoms with E-state index < -0.39 is 0 Å². The molecule has 112 valence electrons. The fourth-order valence-electron chi connectivity index (χ4n) is 3.05. The number of rotatable bonds is 6. The maximum Gasteiger partial charge on any atom is 0.124 e. The maximum atomic E-state index is 6.15. The van der Waals surface area contributed by atoms with Crippen molar-refractivity contribution in [1.29, 1.82) is 0 Å². The summed E-state index contributed by atoms with van der Waals surface area (Å²) < 4.78 is 12.0. The number of nitrogens with one attached hydrogen (secondary N) is 1. The molecule has 1 aromatic carbocycles. The zero-order chi connectivity index (χ0) is 14.4. The predicted octanol–water partition coefficient (Wildman–Crippen LogP) is 3.70. The molecule has 1 saturated heterocycles. The van der Waals surface area contributed by atoms with Gasteiger partial charge in [-0.25, -0.2) is 0 Å². The van der Waals surface area contributed by atoms with Gasteiger partial charge >= 0.3 is 0 Å². The van der Waals surface area contributed by atoms with Crippen molar-refractivity contribution in [3.05, 3.63) is 29.8 Å². The first-order valence-electron chi connectivity index (χ1n) is 7.80. The van der Waals surface area contributed by atoms with Gasteiger partial charge in [-0.2, -0.15) is 0 Å². The van der Waals surface area contributed by atoms with Crippen LogP contribution in [0.2, 0.25) is 0 Å². The van der Waals surface area contributed by atoms with Crippen LogP contribution in [0.25, 0.3) is 0 Å². The van der Waals surface area contributed by atoms with Gasteiger partial charge in [-0.15, -0.1) is 0 Å². The third-order valence-electron chi connectivity index (χ3n) is 4.05. The summed E-state index contributed by atoms with van der Waals surface area (Å²) in [5.41, 5.74) is 1.06. The van der Waals surface area contributed by atoms with Crippen molar-refractivity contribution < 1.29 is 9.47 Å². The minimum Gasteiger partial charge on any atom is -0.494 e. The fraction of sp³-hybridized carbons (Fsp3) is 0.647. The van der Waals surface area contributed by atoms with Gasteiger partial charge in [-0.1, -0.05) is 25.1 Å². The normalized spacial score (nSPS) is 24.4. The van der Waals surface area contributed by atoms with Crippen LogP contribution in [0.1, 0.15) is 51.6 Å². The Morgan fingerprint density at radius 2 is 2.10 bits per heavy atom. The van der Waals surface area contributed by atoms with Crippen molar-refractivity contribution in [3.8, 4) is 5.75 Å².